The highest BCUT2D eigenvalue weighted by Gasteiger charge is 2.01. The number of hydrogen-bond donors (Lipinski definition) is 0. The van der Waals surface area contributed by atoms with Crippen LogP contribution < -0.4 is 0 Å². The maximum atomic E-state index is 5.03. The molecule has 0 amide bonds. The number of rotatable bonds is 6. The van der Waals surface area contributed by atoms with Gasteiger partial charge in [0.1, 0.15) is 0 Å². The van der Waals surface area contributed by atoms with E-state index in [9.17, 15) is 0 Å². The van der Waals surface area contributed by atoms with Crippen LogP contribution in [0.3, 0.4) is 0 Å². The number of hydrogen-bond acceptors (Lipinski definition) is 3. The van der Waals surface area contributed by atoms with Gasteiger partial charge in [0.05, 0.1) is 12.3 Å². The first kappa shape index (κ1) is 12.1. The third-order valence-electron chi connectivity index (χ3n) is 2.34. The van der Waals surface area contributed by atoms with Crippen molar-refractivity contribution in [2.24, 2.45) is 0 Å². The third-order valence-corrected chi connectivity index (χ3v) is 2.34. The predicted octanol–water partition coefficient (Wildman–Crippen LogP) is 1.72. The topological polar surface area (TPSA) is 25.4 Å². The fraction of sp³-hybridized carbons (Fsp3) is 0.583. The van der Waals surface area contributed by atoms with E-state index in [0.29, 0.717) is 0 Å². The zero-order valence-electron chi connectivity index (χ0n) is 9.86. The molecule has 0 aliphatic heterocycles. The number of ether oxygens (including phenoxy) is 1. The largest absolute Gasteiger partial charge is 0.383 e. The molecule has 1 aromatic rings. The zero-order chi connectivity index (χ0) is 11.1. The molecular weight excluding hydrogens is 188 g/mol. The highest BCUT2D eigenvalue weighted by atomic mass is 16.5. The molecule has 1 heterocycles. The van der Waals surface area contributed by atoms with Crippen molar-refractivity contribution in [3.05, 3.63) is 29.6 Å². The quantitative estimate of drug-likeness (QED) is 0.712. The maximum Gasteiger partial charge on any atom is 0.0589 e. The summed E-state index contributed by atoms with van der Waals surface area (Å²) < 4.78 is 5.03. The summed E-state index contributed by atoms with van der Waals surface area (Å²) in [6.45, 7) is 4.72. The van der Waals surface area contributed by atoms with E-state index in [1.807, 2.05) is 0 Å². The van der Waals surface area contributed by atoms with Crippen molar-refractivity contribution in [2.45, 2.75) is 19.9 Å². The van der Waals surface area contributed by atoms with Gasteiger partial charge in [0.2, 0.25) is 0 Å². The van der Waals surface area contributed by atoms with Crippen LogP contribution in [0.25, 0.3) is 0 Å². The zero-order valence-corrected chi connectivity index (χ0v) is 9.86. The standard InChI is InChI=1S/C12H20N2O/c1-4-11-6-5-7-12(13-11)10-14(2)8-9-15-3/h5-7H,4,8-10H2,1-3H3. The van der Waals surface area contributed by atoms with Crippen molar-refractivity contribution < 1.29 is 4.74 Å². The lowest BCUT2D eigenvalue weighted by Gasteiger charge is -2.15. The second-order valence-corrected chi connectivity index (χ2v) is 3.70. The molecule has 0 aromatic carbocycles. The van der Waals surface area contributed by atoms with Crippen molar-refractivity contribution >= 4 is 0 Å². The molecule has 3 nitrogen and oxygen atoms in total. The molecule has 0 saturated carbocycles. The molecule has 0 saturated heterocycles. The molecule has 15 heavy (non-hydrogen) atoms. The number of nitrogens with zero attached hydrogens (tertiary/aromatic N) is 2. The van der Waals surface area contributed by atoms with Crippen LogP contribution in [0.15, 0.2) is 18.2 Å². The summed E-state index contributed by atoms with van der Waals surface area (Å²) in [6.07, 6.45) is 0.996. The fourth-order valence-corrected chi connectivity index (χ4v) is 1.42. The molecule has 0 bridgehead atoms. The molecular formula is C12H20N2O. The Balaban J connectivity index is 2.48. The van der Waals surface area contributed by atoms with Gasteiger partial charge in [0.15, 0.2) is 0 Å². The van der Waals surface area contributed by atoms with Crippen molar-refractivity contribution in [3.8, 4) is 0 Å². The van der Waals surface area contributed by atoms with Gasteiger partial charge in [-0.1, -0.05) is 13.0 Å². The number of aryl methyl sites for hydroxylation is 1. The van der Waals surface area contributed by atoms with Gasteiger partial charge in [-0.25, -0.2) is 0 Å². The molecule has 0 radical (unpaired) electrons. The van der Waals surface area contributed by atoms with Crippen LogP contribution in [0.5, 0.6) is 0 Å². The second-order valence-electron chi connectivity index (χ2n) is 3.70. The Hall–Kier alpha value is -0.930. The van der Waals surface area contributed by atoms with Crippen molar-refractivity contribution in [2.75, 3.05) is 27.3 Å². The summed E-state index contributed by atoms with van der Waals surface area (Å²) in [5.74, 6) is 0. The highest BCUT2D eigenvalue weighted by molar-refractivity contribution is 5.10. The maximum absolute atomic E-state index is 5.03. The van der Waals surface area contributed by atoms with Crippen LogP contribution in [-0.2, 0) is 17.7 Å². The minimum atomic E-state index is 0.768. The molecule has 84 valence electrons. The summed E-state index contributed by atoms with van der Waals surface area (Å²) in [5, 5.41) is 0. The molecule has 0 fully saturated rings. The Labute approximate surface area is 92.1 Å². The van der Waals surface area contributed by atoms with Crippen LogP contribution in [0.4, 0.5) is 0 Å². The van der Waals surface area contributed by atoms with E-state index in [0.717, 1.165) is 37.5 Å². The molecule has 3 heteroatoms. The van der Waals surface area contributed by atoms with Crippen molar-refractivity contribution in [1.29, 1.82) is 0 Å². The van der Waals surface area contributed by atoms with E-state index in [1.54, 1.807) is 7.11 Å². The third kappa shape index (κ3) is 4.40. The van der Waals surface area contributed by atoms with E-state index in [2.05, 4.69) is 42.1 Å². The van der Waals surface area contributed by atoms with Crippen LogP contribution >= 0.6 is 0 Å². The second kappa shape index (κ2) is 6.53. The van der Waals surface area contributed by atoms with Gasteiger partial charge in [-0.2, -0.15) is 0 Å². The normalized spacial score (nSPS) is 10.9. The molecule has 0 N–H and O–H groups in total. The molecule has 0 atom stereocenters. The monoisotopic (exact) mass is 208 g/mol. The van der Waals surface area contributed by atoms with Gasteiger partial charge in [-0.3, -0.25) is 9.88 Å². The van der Waals surface area contributed by atoms with Gasteiger partial charge < -0.3 is 4.74 Å². The van der Waals surface area contributed by atoms with Crippen LogP contribution in [0.1, 0.15) is 18.3 Å². The predicted molar refractivity (Wildman–Crippen MR) is 61.8 cm³/mol. The highest BCUT2D eigenvalue weighted by Crippen LogP contribution is 2.02. The van der Waals surface area contributed by atoms with E-state index in [-0.39, 0.29) is 0 Å². The summed E-state index contributed by atoms with van der Waals surface area (Å²) in [5.41, 5.74) is 2.29. The van der Waals surface area contributed by atoms with E-state index < -0.39 is 0 Å². The number of aromatic nitrogens is 1. The first-order valence-corrected chi connectivity index (χ1v) is 5.38. The summed E-state index contributed by atoms with van der Waals surface area (Å²) in [6, 6.07) is 6.21. The minimum Gasteiger partial charge on any atom is -0.383 e. The van der Waals surface area contributed by atoms with Gasteiger partial charge in [0.25, 0.3) is 0 Å². The molecule has 0 spiro atoms. The van der Waals surface area contributed by atoms with Gasteiger partial charge in [-0.15, -0.1) is 0 Å². The van der Waals surface area contributed by atoms with E-state index in [4.69, 9.17) is 4.74 Å². The smallest absolute Gasteiger partial charge is 0.0589 e. The molecule has 0 aliphatic rings. The molecule has 0 unspecified atom stereocenters. The van der Waals surface area contributed by atoms with Crippen molar-refractivity contribution in [3.63, 3.8) is 0 Å². The lowest BCUT2D eigenvalue weighted by atomic mass is 10.2. The Morgan fingerprint density at radius 1 is 1.33 bits per heavy atom. The molecule has 1 rings (SSSR count). The molecule has 1 aromatic heterocycles. The van der Waals surface area contributed by atoms with Crippen LogP contribution in [0, 0.1) is 0 Å². The molecule has 0 aliphatic carbocycles. The Bertz CT molecular complexity index is 289. The summed E-state index contributed by atoms with van der Waals surface area (Å²) in [4.78, 5) is 6.77. The Morgan fingerprint density at radius 3 is 2.73 bits per heavy atom. The van der Waals surface area contributed by atoms with E-state index >= 15 is 0 Å². The van der Waals surface area contributed by atoms with Crippen LogP contribution in [-0.4, -0.2) is 37.2 Å². The van der Waals surface area contributed by atoms with Crippen LogP contribution in [0.2, 0.25) is 0 Å². The SMILES string of the molecule is CCc1cccc(CN(C)CCOC)n1. The van der Waals surface area contributed by atoms with Gasteiger partial charge >= 0.3 is 0 Å². The van der Waals surface area contributed by atoms with Crippen molar-refractivity contribution in [1.82, 2.24) is 9.88 Å². The first-order valence-electron chi connectivity index (χ1n) is 5.38. The first-order chi connectivity index (χ1) is 7.26. The van der Waals surface area contributed by atoms with E-state index in [1.165, 1.54) is 0 Å². The minimum absolute atomic E-state index is 0.768. The number of likely N-dealkylation sites (N-methyl/N-ethyl adjacent to an activating group) is 1. The average molecular weight is 208 g/mol. The average Bonchev–Trinajstić information content (AvgIpc) is 2.26. The summed E-state index contributed by atoms with van der Waals surface area (Å²) in [7, 11) is 3.81. The fourth-order valence-electron chi connectivity index (χ4n) is 1.42. The lowest BCUT2D eigenvalue weighted by molar-refractivity contribution is 0.158. The number of methoxy groups -OCH3 is 1. The Kier molecular flexibility index (Phi) is 5.29. The summed E-state index contributed by atoms with van der Waals surface area (Å²) >= 11 is 0. The van der Waals surface area contributed by atoms with Gasteiger partial charge in [0, 0.05) is 25.9 Å². The number of pyridine rings is 1. The van der Waals surface area contributed by atoms with Gasteiger partial charge in [-0.05, 0) is 25.6 Å². The lowest BCUT2D eigenvalue weighted by Crippen LogP contribution is -2.22. The Morgan fingerprint density at radius 2 is 2.07 bits per heavy atom.